The minimum atomic E-state index is 0. The van der Waals surface area contributed by atoms with E-state index in [-0.39, 0.29) is 54.5 Å². The zero-order valence-corrected chi connectivity index (χ0v) is 16.0. The van der Waals surface area contributed by atoms with Gasteiger partial charge in [-0.15, -0.1) is 31.7 Å². The Morgan fingerprint density at radius 3 is 1.53 bits per heavy atom. The van der Waals surface area contributed by atoms with Crippen LogP contribution in [0.25, 0.3) is 0 Å². The van der Waals surface area contributed by atoms with Crippen LogP contribution in [0, 0.1) is 18.2 Å². The molecule has 0 heterocycles. The molecule has 1 aliphatic rings. The molecule has 100 valence electrons. The number of allylic oxidation sites excluding steroid dienone is 4. The van der Waals surface area contributed by atoms with Crippen LogP contribution in [0.15, 0.2) is 16.7 Å². The van der Waals surface area contributed by atoms with Crippen LogP contribution in [-0.2, 0) is 21.7 Å². The van der Waals surface area contributed by atoms with E-state index in [0.717, 1.165) is 0 Å². The summed E-state index contributed by atoms with van der Waals surface area (Å²) in [6.07, 6.45) is 5.59. The minimum Gasteiger partial charge on any atom is -0.306 e. The summed E-state index contributed by atoms with van der Waals surface area (Å²) in [5.74, 6) is 0.560. The monoisotopic (exact) mass is 330 g/mol. The van der Waals surface area contributed by atoms with E-state index in [0.29, 0.717) is 5.92 Å². The zero-order chi connectivity index (χ0) is 11.3. The van der Waals surface area contributed by atoms with Gasteiger partial charge in [-0.05, 0) is 0 Å². The van der Waals surface area contributed by atoms with Crippen LogP contribution >= 0.6 is 32.7 Å². The average molecular weight is 331 g/mol. The van der Waals surface area contributed by atoms with Crippen molar-refractivity contribution in [3.63, 3.8) is 0 Å². The summed E-state index contributed by atoms with van der Waals surface area (Å²) in [6.45, 7) is 15.2. The number of hydrogen-bond donors (Lipinski definition) is 0. The molecule has 0 fully saturated rings. The molecule has 0 spiro atoms. The van der Waals surface area contributed by atoms with Gasteiger partial charge < -0.3 is 6.16 Å². The molecule has 1 unspecified atom stereocenters. The van der Waals surface area contributed by atoms with Crippen molar-refractivity contribution < 1.29 is 21.7 Å². The number of hydrogen-bond acceptors (Lipinski definition) is 0. The van der Waals surface area contributed by atoms with E-state index < -0.39 is 0 Å². The molecule has 0 saturated heterocycles. The van der Waals surface area contributed by atoms with Crippen molar-refractivity contribution in [3.8, 4) is 0 Å². The summed E-state index contributed by atoms with van der Waals surface area (Å²) in [4.78, 5) is 0. The van der Waals surface area contributed by atoms with Gasteiger partial charge in [0, 0.05) is 0 Å². The zero-order valence-electron chi connectivity index (χ0n) is 11.9. The molecular formula is C13H25Cl2PTi. The second-order valence-electron chi connectivity index (χ2n) is 4.02. The van der Waals surface area contributed by atoms with Crippen molar-refractivity contribution in [1.29, 1.82) is 0 Å². The van der Waals surface area contributed by atoms with E-state index in [4.69, 9.17) is 0 Å². The fourth-order valence-corrected chi connectivity index (χ4v) is 1.16. The predicted molar refractivity (Wildman–Crippen MR) is 83.2 cm³/mol. The first-order chi connectivity index (χ1) is 6.40. The number of rotatable bonds is 1. The Morgan fingerprint density at radius 1 is 1.12 bits per heavy atom. The van der Waals surface area contributed by atoms with Gasteiger partial charge in [0.15, 0.2) is 0 Å². The largest absolute Gasteiger partial charge is 2.00 e. The minimum absolute atomic E-state index is 0. The van der Waals surface area contributed by atoms with Crippen molar-refractivity contribution in [1.82, 2.24) is 0 Å². The van der Waals surface area contributed by atoms with Crippen LogP contribution in [0.4, 0.5) is 0 Å². The van der Waals surface area contributed by atoms with Crippen LogP contribution in [0.3, 0.4) is 0 Å². The molecule has 0 aromatic carbocycles. The van der Waals surface area contributed by atoms with Crippen molar-refractivity contribution in [2.45, 2.75) is 34.6 Å². The van der Waals surface area contributed by atoms with Gasteiger partial charge in [0.1, 0.15) is 0 Å². The summed E-state index contributed by atoms with van der Waals surface area (Å²) in [6, 6.07) is 0. The van der Waals surface area contributed by atoms with Gasteiger partial charge in [0.2, 0.25) is 0 Å². The second-order valence-corrected chi connectivity index (χ2v) is 6.46. The third-order valence-electron chi connectivity index (χ3n) is 2.75. The molecule has 0 aromatic rings. The Labute approximate surface area is 137 Å². The van der Waals surface area contributed by atoms with Gasteiger partial charge in [-0.1, -0.05) is 40.0 Å². The van der Waals surface area contributed by atoms with Gasteiger partial charge in [-0.25, -0.2) is 5.57 Å². The molecule has 1 aliphatic carbocycles. The Morgan fingerprint density at radius 2 is 1.47 bits per heavy atom. The molecule has 0 radical (unpaired) electrons. The Kier molecular flexibility index (Phi) is 21.4. The summed E-state index contributed by atoms with van der Waals surface area (Å²) >= 11 is 0. The second kappa shape index (κ2) is 13.6. The third-order valence-corrected chi connectivity index (χ3v) is 3.79. The molecule has 17 heavy (non-hydrogen) atoms. The van der Waals surface area contributed by atoms with Gasteiger partial charge in [0.05, 0.1) is 0 Å². The molecule has 4 heteroatoms. The van der Waals surface area contributed by atoms with Gasteiger partial charge in [0.25, 0.3) is 0 Å². The summed E-state index contributed by atoms with van der Waals surface area (Å²) < 4.78 is 0. The maximum absolute atomic E-state index is 3.36. The maximum Gasteiger partial charge on any atom is 2.00 e. The van der Waals surface area contributed by atoms with E-state index >= 15 is 0 Å². The molecule has 0 amide bonds. The van der Waals surface area contributed by atoms with E-state index in [2.05, 4.69) is 60.2 Å². The van der Waals surface area contributed by atoms with Crippen molar-refractivity contribution in [2.24, 2.45) is 5.92 Å². The topological polar surface area (TPSA) is 0 Å². The molecule has 0 N–H and O–H groups in total. The normalized spacial score (nSPS) is 17.2. The number of halogens is 2. The van der Waals surface area contributed by atoms with E-state index in [9.17, 15) is 0 Å². The van der Waals surface area contributed by atoms with Crippen molar-refractivity contribution >= 4 is 32.7 Å². The smallest absolute Gasteiger partial charge is 0.306 e. The summed E-state index contributed by atoms with van der Waals surface area (Å²) in [5, 5.41) is 0. The van der Waals surface area contributed by atoms with Crippen molar-refractivity contribution in [3.05, 3.63) is 29.0 Å². The van der Waals surface area contributed by atoms with Gasteiger partial charge >= 0.3 is 21.7 Å². The van der Waals surface area contributed by atoms with Crippen LogP contribution in [0.1, 0.15) is 34.6 Å². The summed E-state index contributed by atoms with van der Waals surface area (Å²) in [5.41, 5.74) is 4.25. The van der Waals surface area contributed by atoms with Crippen LogP contribution in [0.2, 0.25) is 0 Å². The molecule has 0 aromatic heterocycles. The van der Waals surface area contributed by atoms with E-state index in [1.165, 1.54) is 16.7 Å². The molecule has 1 rings (SSSR count). The first-order valence-electron chi connectivity index (χ1n) is 5.13. The fourth-order valence-electron chi connectivity index (χ4n) is 1.16. The molecule has 0 aliphatic heterocycles. The predicted octanol–water partition coefficient (Wildman–Crippen LogP) is 5.47. The van der Waals surface area contributed by atoms with Gasteiger partial charge in [-0.2, -0.15) is 18.1 Å². The molecule has 0 bridgehead atoms. The van der Waals surface area contributed by atoms with E-state index in [1.807, 2.05) is 0 Å². The van der Waals surface area contributed by atoms with Crippen LogP contribution < -0.4 is 0 Å². The average Bonchev–Trinajstić information content (AvgIpc) is 2.34. The van der Waals surface area contributed by atoms with Gasteiger partial charge in [-0.3, -0.25) is 14.0 Å². The van der Waals surface area contributed by atoms with Crippen LogP contribution in [0.5, 0.6) is 0 Å². The van der Waals surface area contributed by atoms with Crippen LogP contribution in [-0.4, -0.2) is 13.3 Å². The molecule has 0 nitrogen and oxygen atoms in total. The quantitative estimate of drug-likeness (QED) is 0.339. The third kappa shape index (κ3) is 10.8. The molecular weight excluding hydrogens is 306 g/mol. The SMILES string of the molecule is CC1=[C-]C(C)C(C)=C1C.C[CH-]P(C)C.Cl.Cl.[Ti+2]. The fraction of sp³-hybridized carbons (Fsp3) is 0.615. The first-order valence-corrected chi connectivity index (χ1v) is 7.44. The van der Waals surface area contributed by atoms with Crippen molar-refractivity contribution in [2.75, 3.05) is 13.3 Å². The Bertz CT molecular complexity index is 248. The Hall–Kier alpha value is 1.20. The Balaban J connectivity index is -0.0000000948. The first kappa shape index (κ1) is 26.7. The molecule has 1 atom stereocenters. The molecule has 0 saturated carbocycles. The standard InChI is InChI=1S/C9H13.C4H10P.2ClH.Ti/c1-6-5-7(2)9(4)8(6)3;1-4-5(2)3;;;/h6H,1-4H3;4H,1-3H3;2*1H;/q2*-1;;;+2. The van der Waals surface area contributed by atoms with E-state index in [1.54, 1.807) is 0 Å². The maximum atomic E-state index is 3.36. The summed E-state index contributed by atoms with van der Waals surface area (Å²) in [7, 11) is 0.277.